The van der Waals surface area contributed by atoms with Gasteiger partial charge in [-0.3, -0.25) is 20.2 Å². The maximum atomic E-state index is 12.0. The van der Waals surface area contributed by atoms with Crippen LogP contribution < -0.4 is 11.1 Å². The number of nitro benzene ring substituents is 1. The van der Waals surface area contributed by atoms with Crippen LogP contribution in [0.2, 0.25) is 0 Å². The molecule has 0 saturated carbocycles. The number of anilines is 2. The van der Waals surface area contributed by atoms with Crippen molar-refractivity contribution < 1.29 is 9.72 Å². The molecule has 2 aromatic carbocycles. The van der Waals surface area contributed by atoms with E-state index in [0.717, 1.165) is 0 Å². The molecule has 0 saturated heterocycles. The van der Waals surface area contributed by atoms with Gasteiger partial charge in [0.05, 0.1) is 10.6 Å². The molecule has 0 aliphatic carbocycles. The van der Waals surface area contributed by atoms with E-state index in [0.29, 0.717) is 11.3 Å². The molecule has 0 radical (unpaired) electrons. The summed E-state index contributed by atoms with van der Waals surface area (Å²) in [5.74, 6) is -0.295. The Hall–Kier alpha value is -4.01. The highest BCUT2D eigenvalue weighted by atomic mass is 16.6. The van der Waals surface area contributed by atoms with Crippen LogP contribution in [0, 0.1) is 10.1 Å². The molecule has 3 rings (SSSR count). The molecule has 1 heterocycles. The van der Waals surface area contributed by atoms with Crippen LogP contribution in [0.4, 0.5) is 17.6 Å². The first-order valence-corrected chi connectivity index (χ1v) is 7.54. The van der Waals surface area contributed by atoms with Crippen molar-refractivity contribution in [2.45, 2.75) is 0 Å². The summed E-state index contributed by atoms with van der Waals surface area (Å²) in [4.78, 5) is 26.2. The SMILES string of the molecule is Nc1nc(NC(=O)C=Cc2cccc([N+](=O)[O-])c2)nn1-c1ccccc1. The number of rotatable bonds is 5. The molecule has 1 amide bonds. The lowest BCUT2D eigenvalue weighted by Crippen LogP contribution is -2.09. The molecule has 0 spiro atoms. The summed E-state index contributed by atoms with van der Waals surface area (Å²) in [6.07, 6.45) is 2.69. The second kappa shape index (κ2) is 7.26. The Morgan fingerprint density at radius 2 is 1.96 bits per heavy atom. The van der Waals surface area contributed by atoms with E-state index in [9.17, 15) is 14.9 Å². The monoisotopic (exact) mass is 350 g/mol. The van der Waals surface area contributed by atoms with E-state index < -0.39 is 10.8 Å². The number of non-ortho nitro benzene ring substituents is 1. The van der Waals surface area contributed by atoms with Crippen molar-refractivity contribution >= 4 is 29.6 Å². The molecule has 0 aliphatic rings. The Labute approximate surface area is 147 Å². The summed E-state index contributed by atoms with van der Waals surface area (Å²) in [7, 11) is 0. The molecular formula is C17H14N6O3. The van der Waals surface area contributed by atoms with E-state index >= 15 is 0 Å². The van der Waals surface area contributed by atoms with Crippen LogP contribution in [0.3, 0.4) is 0 Å². The number of carbonyl (C=O) groups is 1. The summed E-state index contributed by atoms with van der Waals surface area (Å²) in [6, 6.07) is 15.1. The maximum absolute atomic E-state index is 12.0. The van der Waals surface area contributed by atoms with Crippen LogP contribution in [0.1, 0.15) is 5.56 Å². The third kappa shape index (κ3) is 3.90. The maximum Gasteiger partial charge on any atom is 0.270 e. The lowest BCUT2D eigenvalue weighted by Gasteiger charge is -2.00. The van der Waals surface area contributed by atoms with E-state index in [-0.39, 0.29) is 17.6 Å². The highest BCUT2D eigenvalue weighted by molar-refractivity contribution is 6.01. The number of nitrogens with zero attached hydrogens (tertiary/aromatic N) is 4. The largest absolute Gasteiger partial charge is 0.368 e. The summed E-state index contributed by atoms with van der Waals surface area (Å²) in [5, 5.41) is 17.4. The topological polar surface area (TPSA) is 129 Å². The fourth-order valence-electron chi connectivity index (χ4n) is 2.20. The molecule has 130 valence electrons. The number of nitrogens with two attached hydrogens (primary N) is 1. The second-order valence-corrected chi connectivity index (χ2v) is 5.22. The van der Waals surface area contributed by atoms with Crippen LogP contribution in [0.5, 0.6) is 0 Å². The molecule has 3 N–H and O–H groups in total. The zero-order valence-electron chi connectivity index (χ0n) is 13.4. The van der Waals surface area contributed by atoms with E-state index in [1.807, 2.05) is 18.2 Å². The van der Waals surface area contributed by atoms with Crippen molar-refractivity contribution in [1.82, 2.24) is 14.8 Å². The Morgan fingerprint density at radius 3 is 2.69 bits per heavy atom. The van der Waals surface area contributed by atoms with Gasteiger partial charge in [-0.15, -0.1) is 5.10 Å². The molecule has 9 nitrogen and oxygen atoms in total. The number of amides is 1. The van der Waals surface area contributed by atoms with Gasteiger partial charge in [-0.2, -0.15) is 9.67 Å². The van der Waals surface area contributed by atoms with Gasteiger partial charge >= 0.3 is 0 Å². The van der Waals surface area contributed by atoms with E-state index in [4.69, 9.17) is 5.73 Å². The predicted octanol–water partition coefficient (Wildman–Crippen LogP) is 2.41. The lowest BCUT2D eigenvalue weighted by molar-refractivity contribution is -0.384. The van der Waals surface area contributed by atoms with E-state index in [1.165, 1.54) is 29.0 Å². The van der Waals surface area contributed by atoms with Gasteiger partial charge in [0.1, 0.15) is 0 Å². The number of para-hydroxylation sites is 1. The van der Waals surface area contributed by atoms with Gasteiger partial charge in [0.25, 0.3) is 17.5 Å². The smallest absolute Gasteiger partial charge is 0.270 e. The highest BCUT2D eigenvalue weighted by Crippen LogP contribution is 2.15. The molecule has 0 atom stereocenters. The van der Waals surface area contributed by atoms with Gasteiger partial charge < -0.3 is 5.73 Å². The van der Waals surface area contributed by atoms with Gasteiger partial charge in [-0.25, -0.2) is 0 Å². The molecule has 1 aromatic heterocycles. The van der Waals surface area contributed by atoms with Crippen LogP contribution in [0.25, 0.3) is 11.8 Å². The van der Waals surface area contributed by atoms with Crippen molar-refractivity contribution in [2.75, 3.05) is 11.1 Å². The average molecular weight is 350 g/mol. The van der Waals surface area contributed by atoms with Gasteiger partial charge in [-0.1, -0.05) is 30.3 Å². The summed E-state index contributed by atoms with van der Waals surface area (Å²) < 4.78 is 1.40. The summed E-state index contributed by atoms with van der Waals surface area (Å²) in [6.45, 7) is 0. The minimum absolute atomic E-state index is 0.0522. The molecule has 3 aromatic rings. The quantitative estimate of drug-likeness (QED) is 0.413. The minimum atomic E-state index is -0.500. The van der Waals surface area contributed by atoms with Crippen molar-refractivity contribution in [2.24, 2.45) is 0 Å². The summed E-state index contributed by atoms with van der Waals surface area (Å²) >= 11 is 0. The first-order valence-electron chi connectivity index (χ1n) is 7.54. The number of nitrogen functional groups attached to an aromatic ring is 1. The van der Waals surface area contributed by atoms with Crippen molar-refractivity contribution in [1.29, 1.82) is 0 Å². The molecule has 0 unspecified atom stereocenters. The molecule has 0 bridgehead atoms. The van der Waals surface area contributed by atoms with Crippen LogP contribution in [0.15, 0.2) is 60.7 Å². The van der Waals surface area contributed by atoms with Crippen molar-refractivity contribution in [3.8, 4) is 5.69 Å². The van der Waals surface area contributed by atoms with Crippen LogP contribution in [-0.4, -0.2) is 25.6 Å². The lowest BCUT2D eigenvalue weighted by atomic mass is 10.2. The Morgan fingerprint density at radius 1 is 1.19 bits per heavy atom. The molecule has 0 fully saturated rings. The number of nitro groups is 1. The third-order valence-electron chi connectivity index (χ3n) is 3.38. The van der Waals surface area contributed by atoms with Crippen molar-refractivity contribution in [3.05, 3.63) is 76.4 Å². The first-order chi connectivity index (χ1) is 12.5. The molecule has 26 heavy (non-hydrogen) atoms. The second-order valence-electron chi connectivity index (χ2n) is 5.22. The zero-order valence-corrected chi connectivity index (χ0v) is 13.4. The number of benzene rings is 2. The average Bonchev–Trinajstić information content (AvgIpc) is 3.01. The Balaban J connectivity index is 1.71. The van der Waals surface area contributed by atoms with E-state index in [2.05, 4.69) is 15.4 Å². The zero-order chi connectivity index (χ0) is 18.5. The fourth-order valence-corrected chi connectivity index (χ4v) is 2.20. The first kappa shape index (κ1) is 16.8. The predicted molar refractivity (Wildman–Crippen MR) is 96.5 cm³/mol. The summed E-state index contributed by atoms with van der Waals surface area (Å²) in [5.41, 5.74) is 7.00. The van der Waals surface area contributed by atoms with Crippen LogP contribution >= 0.6 is 0 Å². The van der Waals surface area contributed by atoms with Gasteiger partial charge in [0.2, 0.25) is 5.95 Å². The standard InChI is InChI=1S/C17H14N6O3/c18-16-20-17(21-22(16)13-6-2-1-3-7-13)19-15(24)10-9-12-5-4-8-14(11-12)23(25)26/h1-11H,(H3,18,19,20,21,24). The Kier molecular flexibility index (Phi) is 4.70. The number of carbonyl (C=O) groups excluding carboxylic acids is 1. The fraction of sp³-hybridized carbons (Fsp3) is 0. The van der Waals surface area contributed by atoms with Gasteiger partial charge in [0, 0.05) is 18.2 Å². The Bertz CT molecular complexity index is 981. The number of hydrogen-bond acceptors (Lipinski definition) is 6. The molecule has 0 aliphatic heterocycles. The minimum Gasteiger partial charge on any atom is -0.368 e. The highest BCUT2D eigenvalue weighted by Gasteiger charge is 2.10. The van der Waals surface area contributed by atoms with Gasteiger partial charge in [0.15, 0.2) is 0 Å². The number of hydrogen-bond donors (Lipinski definition) is 2. The molecule has 9 heteroatoms. The number of aromatic nitrogens is 3. The van der Waals surface area contributed by atoms with Crippen LogP contribution in [-0.2, 0) is 4.79 Å². The van der Waals surface area contributed by atoms with E-state index in [1.54, 1.807) is 24.3 Å². The molecular weight excluding hydrogens is 336 g/mol. The van der Waals surface area contributed by atoms with Gasteiger partial charge in [-0.05, 0) is 23.8 Å². The van der Waals surface area contributed by atoms with Crippen molar-refractivity contribution in [3.63, 3.8) is 0 Å². The third-order valence-corrected chi connectivity index (χ3v) is 3.38. The normalized spacial score (nSPS) is 10.8. The number of nitrogens with one attached hydrogen (secondary N) is 1.